The number of nitrogens with zero attached hydrogens (tertiary/aromatic N) is 2. The second-order valence-corrected chi connectivity index (χ2v) is 5.40. The second-order valence-electron chi connectivity index (χ2n) is 5.40. The number of nitro groups is 1. The van der Waals surface area contributed by atoms with E-state index in [0.717, 1.165) is 29.4 Å². The summed E-state index contributed by atoms with van der Waals surface area (Å²) in [5.74, 6) is -0.193. The fourth-order valence-corrected chi connectivity index (χ4v) is 2.96. The molecule has 0 radical (unpaired) electrons. The number of halogens is 1. The van der Waals surface area contributed by atoms with Gasteiger partial charge in [0.25, 0.3) is 5.69 Å². The average Bonchev–Trinajstić information content (AvgIpc) is 2.81. The normalized spacial score (nSPS) is 24.1. The maximum absolute atomic E-state index is 14.3. The molecule has 1 fully saturated rings. The molecule has 0 aliphatic carbocycles. The Morgan fingerprint density at radius 2 is 2.30 bits per heavy atom. The van der Waals surface area contributed by atoms with Crippen molar-refractivity contribution in [1.82, 2.24) is 9.88 Å². The van der Waals surface area contributed by atoms with Crippen molar-refractivity contribution in [2.45, 2.75) is 18.5 Å². The van der Waals surface area contributed by atoms with Gasteiger partial charge in [0.1, 0.15) is 6.17 Å². The highest BCUT2D eigenvalue weighted by molar-refractivity contribution is 5.86. The SMILES string of the molecule is CN1CCC(c2c[nH]c3ccc([N+](=O)[O-])cc23)C(F)C1. The number of H-pyrrole nitrogens is 1. The monoisotopic (exact) mass is 277 g/mol. The molecule has 106 valence electrons. The highest BCUT2D eigenvalue weighted by Gasteiger charge is 2.30. The number of benzene rings is 1. The van der Waals surface area contributed by atoms with Crippen LogP contribution in [0.1, 0.15) is 17.9 Å². The summed E-state index contributed by atoms with van der Waals surface area (Å²) in [6.07, 6.45) is 1.58. The van der Waals surface area contributed by atoms with E-state index in [9.17, 15) is 14.5 Å². The first kappa shape index (κ1) is 13.1. The molecule has 0 bridgehead atoms. The third kappa shape index (κ3) is 2.16. The lowest BCUT2D eigenvalue weighted by Crippen LogP contribution is -2.38. The average molecular weight is 277 g/mol. The van der Waals surface area contributed by atoms with Crippen LogP contribution in [0.2, 0.25) is 0 Å². The van der Waals surface area contributed by atoms with Gasteiger partial charge in [-0.2, -0.15) is 0 Å². The number of aromatic nitrogens is 1. The maximum atomic E-state index is 14.3. The molecule has 5 nitrogen and oxygen atoms in total. The molecule has 0 saturated carbocycles. The van der Waals surface area contributed by atoms with Gasteiger partial charge in [-0.25, -0.2) is 4.39 Å². The molecule has 1 aliphatic heterocycles. The Morgan fingerprint density at radius 3 is 3.00 bits per heavy atom. The van der Waals surface area contributed by atoms with Gasteiger partial charge in [0.15, 0.2) is 0 Å². The van der Waals surface area contributed by atoms with Crippen LogP contribution in [0.5, 0.6) is 0 Å². The molecule has 2 heterocycles. The number of hydrogen-bond donors (Lipinski definition) is 1. The van der Waals surface area contributed by atoms with Crippen LogP contribution in [-0.4, -0.2) is 41.1 Å². The Hall–Kier alpha value is -1.95. The summed E-state index contributed by atoms with van der Waals surface area (Å²) in [4.78, 5) is 15.5. The highest BCUT2D eigenvalue weighted by atomic mass is 19.1. The van der Waals surface area contributed by atoms with Crippen molar-refractivity contribution in [3.05, 3.63) is 40.1 Å². The molecule has 1 aromatic heterocycles. The van der Waals surface area contributed by atoms with Crippen molar-refractivity contribution in [1.29, 1.82) is 0 Å². The van der Waals surface area contributed by atoms with Crippen molar-refractivity contribution in [3.8, 4) is 0 Å². The minimum absolute atomic E-state index is 0.0432. The minimum atomic E-state index is -0.938. The predicted molar refractivity (Wildman–Crippen MR) is 74.7 cm³/mol. The van der Waals surface area contributed by atoms with E-state index in [4.69, 9.17) is 0 Å². The minimum Gasteiger partial charge on any atom is -0.361 e. The lowest BCUT2D eigenvalue weighted by atomic mass is 9.88. The van der Waals surface area contributed by atoms with Gasteiger partial charge < -0.3 is 9.88 Å². The molecule has 6 heteroatoms. The van der Waals surface area contributed by atoms with E-state index in [2.05, 4.69) is 4.98 Å². The second kappa shape index (κ2) is 4.86. The molecular formula is C14H16FN3O2. The number of aromatic amines is 1. The lowest BCUT2D eigenvalue weighted by molar-refractivity contribution is -0.384. The first-order valence-electron chi connectivity index (χ1n) is 6.64. The molecule has 3 rings (SSSR count). The topological polar surface area (TPSA) is 62.2 Å². The van der Waals surface area contributed by atoms with E-state index >= 15 is 0 Å². The zero-order valence-electron chi connectivity index (χ0n) is 11.2. The Labute approximate surface area is 115 Å². The van der Waals surface area contributed by atoms with E-state index in [-0.39, 0.29) is 11.6 Å². The summed E-state index contributed by atoms with van der Waals surface area (Å²) in [5.41, 5.74) is 1.71. The first-order valence-corrected chi connectivity index (χ1v) is 6.64. The number of rotatable bonds is 2. The third-order valence-electron chi connectivity index (χ3n) is 4.05. The van der Waals surface area contributed by atoms with E-state index in [1.165, 1.54) is 12.1 Å². The number of nitro benzene ring substituents is 1. The molecule has 0 amide bonds. The molecular weight excluding hydrogens is 261 g/mol. The van der Waals surface area contributed by atoms with Gasteiger partial charge in [0.05, 0.1) is 4.92 Å². The molecule has 1 aromatic carbocycles. The third-order valence-corrected chi connectivity index (χ3v) is 4.05. The van der Waals surface area contributed by atoms with E-state index < -0.39 is 11.1 Å². The first-order chi connectivity index (χ1) is 9.56. The van der Waals surface area contributed by atoms with Crippen LogP contribution >= 0.6 is 0 Å². The Morgan fingerprint density at radius 1 is 1.50 bits per heavy atom. The molecule has 2 unspecified atom stereocenters. The maximum Gasteiger partial charge on any atom is 0.270 e. The van der Waals surface area contributed by atoms with Crippen molar-refractivity contribution in [3.63, 3.8) is 0 Å². The standard InChI is InChI=1S/C14H16FN3O2/c1-17-5-4-10(13(15)8-17)12-7-16-14-3-2-9(18(19)20)6-11(12)14/h2-3,6-7,10,13,16H,4-5,8H2,1H3. The molecule has 2 aromatic rings. The van der Waals surface area contributed by atoms with Gasteiger partial charge in [-0.05, 0) is 31.6 Å². The van der Waals surface area contributed by atoms with Crippen LogP contribution < -0.4 is 0 Å². The summed E-state index contributed by atoms with van der Waals surface area (Å²) < 4.78 is 14.3. The number of piperidine rings is 1. The number of hydrogen-bond acceptors (Lipinski definition) is 3. The lowest BCUT2D eigenvalue weighted by Gasteiger charge is -2.32. The van der Waals surface area contributed by atoms with Gasteiger partial charge in [-0.1, -0.05) is 0 Å². The van der Waals surface area contributed by atoms with Crippen molar-refractivity contribution in [2.24, 2.45) is 0 Å². The fourth-order valence-electron chi connectivity index (χ4n) is 2.96. The molecule has 0 spiro atoms. The largest absolute Gasteiger partial charge is 0.361 e. The van der Waals surface area contributed by atoms with Crippen LogP contribution in [0.25, 0.3) is 10.9 Å². The van der Waals surface area contributed by atoms with E-state index in [1.54, 1.807) is 12.3 Å². The molecule has 2 atom stereocenters. The van der Waals surface area contributed by atoms with Gasteiger partial charge in [-0.3, -0.25) is 10.1 Å². The zero-order valence-corrected chi connectivity index (χ0v) is 11.2. The number of non-ortho nitro benzene ring substituents is 1. The van der Waals surface area contributed by atoms with Crippen LogP contribution in [0.3, 0.4) is 0 Å². The quantitative estimate of drug-likeness (QED) is 0.678. The number of nitrogens with one attached hydrogen (secondary N) is 1. The van der Waals surface area contributed by atoms with Crippen molar-refractivity contribution in [2.75, 3.05) is 20.1 Å². The highest BCUT2D eigenvalue weighted by Crippen LogP contribution is 2.35. The van der Waals surface area contributed by atoms with Crippen molar-refractivity contribution < 1.29 is 9.31 Å². The Balaban J connectivity index is 2.03. The van der Waals surface area contributed by atoms with Crippen molar-refractivity contribution >= 4 is 16.6 Å². The molecule has 1 saturated heterocycles. The molecule has 20 heavy (non-hydrogen) atoms. The fraction of sp³-hybridized carbons (Fsp3) is 0.429. The van der Waals surface area contributed by atoms with Crippen LogP contribution in [0.15, 0.2) is 24.4 Å². The number of alkyl halides is 1. The van der Waals surface area contributed by atoms with Gasteiger partial charge in [-0.15, -0.1) is 0 Å². The Kier molecular flexibility index (Phi) is 3.17. The van der Waals surface area contributed by atoms with Gasteiger partial charge >= 0.3 is 0 Å². The van der Waals surface area contributed by atoms with Crippen LogP contribution in [-0.2, 0) is 0 Å². The predicted octanol–water partition coefficient (Wildman–Crippen LogP) is 2.83. The number of fused-ring (bicyclic) bond motifs is 1. The summed E-state index contributed by atoms with van der Waals surface area (Å²) in [5, 5.41) is 11.6. The summed E-state index contributed by atoms with van der Waals surface area (Å²) in [6.45, 7) is 1.25. The summed E-state index contributed by atoms with van der Waals surface area (Å²) >= 11 is 0. The smallest absolute Gasteiger partial charge is 0.270 e. The van der Waals surface area contributed by atoms with E-state index in [1.807, 2.05) is 11.9 Å². The molecule has 1 N–H and O–H groups in total. The summed E-state index contributed by atoms with van der Waals surface area (Å²) in [7, 11) is 1.91. The van der Waals surface area contributed by atoms with Crippen LogP contribution in [0.4, 0.5) is 10.1 Å². The molecule has 1 aliphatic rings. The summed E-state index contributed by atoms with van der Waals surface area (Å²) in [6, 6.07) is 4.68. The van der Waals surface area contributed by atoms with Gasteiger partial charge in [0.2, 0.25) is 0 Å². The van der Waals surface area contributed by atoms with E-state index in [0.29, 0.717) is 6.54 Å². The number of likely N-dealkylation sites (tertiary alicyclic amines) is 1. The Bertz CT molecular complexity index is 655. The van der Waals surface area contributed by atoms with Gasteiger partial charge in [0, 0.05) is 41.7 Å². The van der Waals surface area contributed by atoms with Crippen LogP contribution in [0, 0.1) is 10.1 Å². The zero-order chi connectivity index (χ0) is 14.3.